The van der Waals surface area contributed by atoms with Crippen molar-refractivity contribution in [1.29, 1.82) is 0 Å². The fraction of sp³-hybridized carbons (Fsp3) is 0.538. The molecule has 1 aliphatic heterocycles. The van der Waals surface area contributed by atoms with Crippen LogP contribution in [-0.2, 0) is 4.79 Å². The molecule has 7 heteroatoms. The Balaban J connectivity index is 0.00000200. The molecule has 2 rings (SSSR count). The molecule has 1 aromatic rings. The molecule has 2 unspecified atom stereocenters. The monoisotopic (exact) mass is 301 g/mol. The summed E-state index contributed by atoms with van der Waals surface area (Å²) >= 11 is 0. The number of carbonyl (C=O) groups excluding carboxylic acids is 2. The van der Waals surface area contributed by atoms with Gasteiger partial charge in [-0.2, -0.15) is 0 Å². The topological polar surface area (TPSA) is 74.6 Å². The van der Waals surface area contributed by atoms with Gasteiger partial charge in [-0.3, -0.25) is 9.59 Å². The van der Waals surface area contributed by atoms with Gasteiger partial charge in [0.15, 0.2) is 0 Å². The van der Waals surface area contributed by atoms with E-state index in [1.807, 2.05) is 6.92 Å². The van der Waals surface area contributed by atoms with Crippen molar-refractivity contribution in [3.63, 3.8) is 0 Å². The van der Waals surface area contributed by atoms with Crippen molar-refractivity contribution in [1.82, 2.24) is 15.5 Å². The molecular formula is C13H20ClN3O3. The molecule has 6 nitrogen and oxygen atoms in total. The minimum absolute atomic E-state index is 0. The van der Waals surface area contributed by atoms with Crippen molar-refractivity contribution in [3.05, 3.63) is 24.2 Å². The number of piperazine rings is 1. The first-order valence-electron chi connectivity index (χ1n) is 6.44. The van der Waals surface area contributed by atoms with Crippen LogP contribution in [0.15, 0.2) is 23.0 Å². The molecule has 0 aliphatic carbocycles. The number of carbonyl (C=O) groups is 2. The van der Waals surface area contributed by atoms with E-state index in [1.165, 1.54) is 12.5 Å². The number of rotatable bonds is 3. The average molecular weight is 302 g/mol. The first kappa shape index (κ1) is 16.5. The Labute approximate surface area is 124 Å². The van der Waals surface area contributed by atoms with E-state index in [0.29, 0.717) is 12.1 Å². The van der Waals surface area contributed by atoms with E-state index in [1.54, 1.807) is 17.9 Å². The quantitative estimate of drug-likeness (QED) is 0.859. The molecular weight excluding hydrogens is 282 g/mol. The predicted molar refractivity (Wildman–Crippen MR) is 76.9 cm³/mol. The molecule has 0 spiro atoms. The number of furan rings is 1. The van der Waals surface area contributed by atoms with Crippen LogP contribution in [0.3, 0.4) is 0 Å². The van der Waals surface area contributed by atoms with Crippen molar-refractivity contribution < 1.29 is 14.0 Å². The third kappa shape index (κ3) is 3.74. The SMILES string of the molecule is CC(NC(=O)c1ccoc1)C(=O)N1CCNCC1C.Cl. The van der Waals surface area contributed by atoms with Crippen LogP contribution in [0.5, 0.6) is 0 Å². The van der Waals surface area contributed by atoms with Crippen LogP contribution < -0.4 is 10.6 Å². The van der Waals surface area contributed by atoms with Crippen LogP contribution in [0, 0.1) is 0 Å². The Morgan fingerprint density at radius 2 is 2.30 bits per heavy atom. The largest absolute Gasteiger partial charge is 0.472 e. The van der Waals surface area contributed by atoms with Gasteiger partial charge in [-0.25, -0.2) is 0 Å². The molecule has 0 bridgehead atoms. The van der Waals surface area contributed by atoms with Crippen molar-refractivity contribution in [2.45, 2.75) is 25.9 Å². The van der Waals surface area contributed by atoms with E-state index in [-0.39, 0.29) is 30.3 Å². The second-order valence-electron chi connectivity index (χ2n) is 4.79. The van der Waals surface area contributed by atoms with E-state index in [9.17, 15) is 9.59 Å². The number of nitrogens with zero attached hydrogens (tertiary/aromatic N) is 1. The minimum Gasteiger partial charge on any atom is -0.472 e. The number of hydrogen-bond donors (Lipinski definition) is 2. The van der Waals surface area contributed by atoms with Gasteiger partial charge in [0.25, 0.3) is 5.91 Å². The molecule has 0 radical (unpaired) electrons. The van der Waals surface area contributed by atoms with Crippen LogP contribution in [0.1, 0.15) is 24.2 Å². The summed E-state index contributed by atoms with van der Waals surface area (Å²) in [6.07, 6.45) is 2.79. The Morgan fingerprint density at radius 3 is 2.90 bits per heavy atom. The fourth-order valence-corrected chi connectivity index (χ4v) is 2.15. The van der Waals surface area contributed by atoms with Gasteiger partial charge in [-0.15, -0.1) is 12.4 Å². The lowest BCUT2D eigenvalue weighted by Gasteiger charge is -2.35. The maximum Gasteiger partial charge on any atom is 0.255 e. The van der Waals surface area contributed by atoms with Crippen LogP contribution in [0.2, 0.25) is 0 Å². The van der Waals surface area contributed by atoms with Gasteiger partial charge in [0, 0.05) is 25.7 Å². The second-order valence-corrected chi connectivity index (χ2v) is 4.79. The highest BCUT2D eigenvalue weighted by atomic mass is 35.5. The number of amides is 2. The fourth-order valence-electron chi connectivity index (χ4n) is 2.15. The molecule has 1 aromatic heterocycles. The summed E-state index contributed by atoms with van der Waals surface area (Å²) in [6.45, 7) is 5.95. The van der Waals surface area contributed by atoms with E-state index in [0.717, 1.165) is 13.1 Å². The summed E-state index contributed by atoms with van der Waals surface area (Å²) in [5, 5.41) is 5.92. The highest BCUT2D eigenvalue weighted by molar-refractivity contribution is 5.97. The highest BCUT2D eigenvalue weighted by Gasteiger charge is 2.27. The Morgan fingerprint density at radius 1 is 1.55 bits per heavy atom. The maximum absolute atomic E-state index is 12.3. The molecule has 112 valence electrons. The molecule has 2 N–H and O–H groups in total. The van der Waals surface area contributed by atoms with Crippen molar-refractivity contribution >= 4 is 24.2 Å². The van der Waals surface area contributed by atoms with Gasteiger partial charge in [-0.1, -0.05) is 0 Å². The average Bonchev–Trinajstić information content (AvgIpc) is 2.92. The predicted octanol–water partition coefficient (Wildman–Crippen LogP) is 0.640. The summed E-state index contributed by atoms with van der Waals surface area (Å²) in [5.74, 6) is -0.344. The van der Waals surface area contributed by atoms with Gasteiger partial charge in [0.2, 0.25) is 5.91 Å². The maximum atomic E-state index is 12.3. The zero-order valence-electron chi connectivity index (χ0n) is 11.6. The summed E-state index contributed by atoms with van der Waals surface area (Å²) < 4.78 is 4.85. The summed E-state index contributed by atoms with van der Waals surface area (Å²) in [4.78, 5) is 25.9. The highest BCUT2D eigenvalue weighted by Crippen LogP contribution is 2.06. The zero-order chi connectivity index (χ0) is 13.8. The van der Waals surface area contributed by atoms with E-state index >= 15 is 0 Å². The van der Waals surface area contributed by atoms with Gasteiger partial charge in [0.1, 0.15) is 12.3 Å². The second kappa shape index (κ2) is 7.31. The first-order chi connectivity index (χ1) is 9.09. The lowest BCUT2D eigenvalue weighted by molar-refractivity contribution is -0.135. The van der Waals surface area contributed by atoms with E-state index in [4.69, 9.17) is 4.42 Å². The smallest absolute Gasteiger partial charge is 0.255 e. The van der Waals surface area contributed by atoms with Gasteiger partial charge >= 0.3 is 0 Å². The van der Waals surface area contributed by atoms with Crippen LogP contribution in [-0.4, -0.2) is 48.4 Å². The minimum atomic E-state index is -0.539. The lowest BCUT2D eigenvalue weighted by atomic mass is 10.1. The Bertz CT molecular complexity index is 450. The van der Waals surface area contributed by atoms with Gasteiger partial charge in [0.05, 0.1) is 11.8 Å². The van der Waals surface area contributed by atoms with E-state index in [2.05, 4.69) is 10.6 Å². The summed E-state index contributed by atoms with van der Waals surface area (Å²) in [5.41, 5.74) is 0.424. The summed E-state index contributed by atoms with van der Waals surface area (Å²) in [7, 11) is 0. The molecule has 2 heterocycles. The van der Waals surface area contributed by atoms with Crippen molar-refractivity contribution in [2.75, 3.05) is 19.6 Å². The standard InChI is InChI=1S/C13H19N3O3.ClH/c1-9-7-14-4-5-16(9)13(18)10(2)15-12(17)11-3-6-19-8-11;/h3,6,8-10,14H,4-5,7H2,1-2H3,(H,15,17);1H. The van der Waals surface area contributed by atoms with Crippen molar-refractivity contribution in [2.24, 2.45) is 0 Å². The van der Waals surface area contributed by atoms with Crippen molar-refractivity contribution in [3.8, 4) is 0 Å². The lowest BCUT2D eigenvalue weighted by Crippen LogP contribution is -2.57. The summed E-state index contributed by atoms with van der Waals surface area (Å²) in [6, 6.07) is 1.18. The van der Waals surface area contributed by atoms with E-state index < -0.39 is 6.04 Å². The molecule has 2 amide bonds. The normalized spacial score (nSPS) is 19.9. The molecule has 1 aliphatic rings. The molecule has 20 heavy (non-hydrogen) atoms. The first-order valence-corrected chi connectivity index (χ1v) is 6.44. The molecule has 2 atom stereocenters. The number of halogens is 1. The molecule has 0 saturated carbocycles. The molecule has 1 saturated heterocycles. The van der Waals surface area contributed by atoms with Crippen LogP contribution >= 0.6 is 12.4 Å². The number of hydrogen-bond acceptors (Lipinski definition) is 4. The van der Waals surface area contributed by atoms with Crippen LogP contribution in [0.4, 0.5) is 0 Å². The molecule has 1 fully saturated rings. The zero-order valence-corrected chi connectivity index (χ0v) is 12.4. The Hall–Kier alpha value is -1.53. The van der Waals surface area contributed by atoms with Gasteiger partial charge in [-0.05, 0) is 19.9 Å². The number of nitrogens with one attached hydrogen (secondary N) is 2. The third-order valence-electron chi connectivity index (χ3n) is 3.29. The molecule has 0 aromatic carbocycles. The van der Waals surface area contributed by atoms with Gasteiger partial charge < -0.3 is 20.0 Å². The Kier molecular flexibility index (Phi) is 6.04. The van der Waals surface area contributed by atoms with Crippen LogP contribution in [0.25, 0.3) is 0 Å². The third-order valence-corrected chi connectivity index (χ3v) is 3.29.